The van der Waals surface area contributed by atoms with E-state index in [2.05, 4.69) is 46.9 Å². The summed E-state index contributed by atoms with van der Waals surface area (Å²) in [6.45, 7) is 13.8. The van der Waals surface area contributed by atoms with E-state index in [-0.39, 0.29) is 12.1 Å². The molecule has 4 rings (SSSR count). The molecule has 3 atom stereocenters. The van der Waals surface area contributed by atoms with E-state index in [1.165, 1.54) is 27.7 Å². The number of likely N-dealkylation sites (tertiary alicyclic amines) is 1. The van der Waals surface area contributed by atoms with E-state index >= 15 is 0 Å². The number of nitrogens with one attached hydrogen (secondary N) is 2. The Bertz CT molecular complexity index is 898. The molecule has 5 heteroatoms. The van der Waals surface area contributed by atoms with Crippen LogP contribution < -0.4 is 5.32 Å². The molecule has 1 aromatic carbocycles. The van der Waals surface area contributed by atoms with Crippen molar-refractivity contribution in [3.8, 4) is 0 Å². The van der Waals surface area contributed by atoms with Crippen molar-refractivity contribution >= 4 is 23.0 Å². The van der Waals surface area contributed by atoms with E-state index in [9.17, 15) is 4.79 Å². The Kier molecular flexibility index (Phi) is 5.68. The summed E-state index contributed by atoms with van der Waals surface area (Å²) in [4.78, 5) is 20.8. The number of benzene rings is 1. The number of piperidine rings is 1. The number of fused-ring (bicyclic) bond motifs is 2. The van der Waals surface area contributed by atoms with Gasteiger partial charge in [-0.05, 0) is 62.9 Å². The van der Waals surface area contributed by atoms with Crippen LogP contribution in [0.1, 0.15) is 56.4 Å². The second kappa shape index (κ2) is 8.23. The Labute approximate surface area is 174 Å². The van der Waals surface area contributed by atoms with Crippen molar-refractivity contribution in [1.29, 1.82) is 0 Å². The largest absolute Gasteiger partial charge is 0.355 e. The molecule has 0 bridgehead atoms. The Morgan fingerprint density at radius 1 is 1.34 bits per heavy atom. The molecule has 1 aliphatic carbocycles. The molecule has 0 spiro atoms. The van der Waals surface area contributed by atoms with Gasteiger partial charge in [0.2, 0.25) is 0 Å². The van der Waals surface area contributed by atoms with Gasteiger partial charge < -0.3 is 15.2 Å². The highest BCUT2D eigenvalue weighted by Crippen LogP contribution is 2.44. The van der Waals surface area contributed by atoms with Crippen molar-refractivity contribution < 1.29 is 4.79 Å². The molecule has 2 N–H and O–H groups in total. The Morgan fingerprint density at radius 3 is 2.83 bits per heavy atom. The molecule has 2 amide bonds. The van der Waals surface area contributed by atoms with Gasteiger partial charge in [-0.15, -0.1) is 0 Å². The Balaban J connectivity index is 1.68. The number of carbonyl (C=O) groups excluding carboxylic acids is 1. The lowest BCUT2D eigenvalue weighted by atomic mass is 9.73. The predicted molar refractivity (Wildman–Crippen MR) is 120 cm³/mol. The van der Waals surface area contributed by atoms with Crippen molar-refractivity contribution in [3.63, 3.8) is 0 Å². The molecule has 1 fully saturated rings. The third kappa shape index (κ3) is 3.46. The smallest absolute Gasteiger partial charge is 0.317 e. The molecule has 0 saturated carbocycles. The number of carbonyl (C=O) groups is 1. The number of hydrogen-bond donors (Lipinski definition) is 2. The second-order valence-electron chi connectivity index (χ2n) is 8.42. The monoisotopic (exact) mass is 394 g/mol. The number of nitrogens with zero attached hydrogens (tertiary/aromatic N) is 2. The molecule has 2 heterocycles. The first-order valence-corrected chi connectivity index (χ1v) is 11.2. The van der Waals surface area contributed by atoms with Gasteiger partial charge in [0.25, 0.3) is 0 Å². The first-order chi connectivity index (χ1) is 14.1. The Hall–Kier alpha value is -2.27. The first-order valence-electron chi connectivity index (χ1n) is 11.2. The minimum atomic E-state index is 0.0696. The lowest BCUT2D eigenvalue weighted by molar-refractivity contribution is 0.0979. The lowest BCUT2D eigenvalue weighted by Gasteiger charge is -2.47. The zero-order valence-corrected chi connectivity index (χ0v) is 18.0. The third-order valence-electron chi connectivity index (χ3n) is 6.83. The number of aromatic nitrogens is 1. The molecule has 5 nitrogen and oxygen atoms in total. The number of amides is 2. The van der Waals surface area contributed by atoms with Gasteiger partial charge in [0.05, 0.1) is 0 Å². The summed E-state index contributed by atoms with van der Waals surface area (Å²) < 4.78 is 0. The van der Waals surface area contributed by atoms with Crippen LogP contribution in [-0.2, 0) is 6.42 Å². The molecule has 0 radical (unpaired) electrons. The van der Waals surface area contributed by atoms with Gasteiger partial charge in [0, 0.05) is 54.2 Å². The summed E-state index contributed by atoms with van der Waals surface area (Å²) >= 11 is 0. The van der Waals surface area contributed by atoms with Crippen LogP contribution in [0.25, 0.3) is 17.0 Å². The number of hydrogen-bond acceptors (Lipinski definition) is 2. The van der Waals surface area contributed by atoms with E-state index in [4.69, 9.17) is 0 Å². The van der Waals surface area contributed by atoms with Crippen LogP contribution in [0.3, 0.4) is 0 Å². The minimum Gasteiger partial charge on any atom is -0.355 e. The zero-order chi connectivity index (χ0) is 20.5. The average Bonchev–Trinajstić information content (AvgIpc) is 3.09. The highest BCUT2D eigenvalue weighted by atomic mass is 16.2. The van der Waals surface area contributed by atoms with Crippen LogP contribution in [0.2, 0.25) is 0 Å². The molecule has 1 aliphatic heterocycles. The Morgan fingerprint density at radius 2 is 2.14 bits per heavy atom. The minimum absolute atomic E-state index is 0.0696. The molecular weight excluding hydrogens is 360 g/mol. The zero-order valence-electron chi connectivity index (χ0n) is 18.0. The fourth-order valence-corrected chi connectivity index (χ4v) is 5.51. The molecule has 1 aromatic heterocycles. The van der Waals surface area contributed by atoms with Crippen LogP contribution in [0, 0.1) is 0 Å². The molecule has 1 unspecified atom stereocenters. The summed E-state index contributed by atoms with van der Waals surface area (Å²) in [6, 6.07) is 7.37. The van der Waals surface area contributed by atoms with E-state index < -0.39 is 0 Å². The topological polar surface area (TPSA) is 51.4 Å². The van der Waals surface area contributed by atoms with Gasteiger partial charge in [-0.2, -0.15) is 0 Å². The summed E-state index contributed by atoms with van der Waals surface area (Å²) in [6.07, 6.45) is 5.14. The van der Waals surface area contributed by atoms with Gasteiger partial charge in [-0.1, -0.05) is 25.6 Å². The van der Waals surface area contributed by atoms with Crippen LogP contribution in [0.5, 0.6) is 0 Å². The molecule has 2 aromatic rings. The fourth-order valence-electron chi connectivity index (χ4n) is 5.51. The summed E-state index contributed by atoms with van der Waals surface area (Å²) in [5.41, 5.74) is 5.22. The van der Waals surface area contributed by atoms with Crippen molar-refractivity contribution in [1.82, 2.24) is 20.1 Å². The van der Waals surface area contributed by atoms with Crippen LogP contribution in [0.4, 0.5) is 4.79 Å². The predicted octanol–water partition coefficient (Wildman–Crippen LogP) is 4.35. The van der Waals surface area contributed by atoms with E-state index in [0.29, 0.717) is 12.0 Å². The van der Waals surface area contributed by atoms with Crippen LogP contribution >= 0.6 is 0 Å². The highest BCUT2D eigenvalue weighted by molar-refractivity contribution is 5.91. The van der Waals surface area contributed by atoms with Crippen LogP contribution in [-0.4, -0.2) is 59.1 Å². The molecule has 29 heavy (non-hydrogen) atoms. The van der Waals surface area contributed by atoms with E-state index in [0.717, 1.165) is 45.4 Å². The first kappa shape index (κ1) is 20.0. The number of H-pyrrole nitrogens is 1. The fraction of sp³-hybridized carbons (Fsp3) is 0.542. The van der Waals surface area contributed by atoms with E-state index in [1.54, 1.807) is 0 Å². The SMILES string of the molecule is C=Cc1[nH]c2cccc3c2c1C[C@@H]1C3C[C@H](NC(=O)N(CC)CC)CN1CCC. The van der Waals surface area contributed by atoms with Gasteiger partial charge in [-0.3, -0.25) is 4.90 Å². The summed E-state index contributed by atoms with van der Waals surface area (Å²) in [7, 11) is 0. The normalized spacial score (nSPS) is 23.6. The highest BCUT2D eigenvalue weighted by Gasteiger charge is 2.41. The van der Waals surface area contributed by atoms with Gasteiger partial charge in [0.1, 0.15) is 0 Å². The molecule has 156 valence electrons. The maximum absolute atomic E-state index is 12.7. The average molecular weight is 395 g/mol. The lowest BCUT2D eigenvalue weighted by Crippen LogP contribution is -2.57. The number of rotatable bonds is 6. The molecular formula is C24H34N4O. The third-order valence-corrected chi connectivity index (χ3v) is 6.83. The van der Waals surface area contributed by atoms with Crippen molar-refractivity contribution in [2.24, 2.45) is 0 Å². The number of aromatic amines is 1. The standard InChI is InChI=1S/C24H34N4O/c1-5-12-28-15-16(25-24(29)27(7-3)8-4)13-18-17-10-9-11-21-23(17)19(14-22(18)28)20(6-2)26-21/h6,9-11,16,18,22,26H,2,5,7-8,12-15H2,1,3-4H3,(H,25,29)/t16-,18?,22+/m0/s1. The summed E-state index contributed by atoms with van der Waals surface area (Å²) in [5.74, 6) is 0.446. The van der Waals surface area contributed by atoms with Gasteiger partial charge in [-0.25, -0.2) is 4.79 Å². The molecule has 2 aliphatic rings. The quantitative estimate of drug-likeness (QED) is 0.765. The van der Waals surface area contributed by atoms with Crippen molar-refractivity contribution in [3.05, 3.63) is 41.6 Å². The maximum atomic E-state index is 12.7. The number of urea groups is 1. The van der Waals surface area contributed by atoms with Gasteiger partial charge >= 0.3 is 6.03 Å². The van der Waals surface area contributed by atoms with Crippen molar-refractivity contribution in [2.75, 3.05) is 26.2 Å². The summed E-state index contributed by atoms with van der Waals surface area (Å²) in [5, 5.41) is 4.72. The second-order valence-corrected chi connectivity index (χ2v) is 8.42. The van der Waals surface area contributed by atoms with Crippen molar-refractivity contribution in [2.45, 2.75) is 58.0 Å². The maximum Gasteiger partial charge on any atom is 0.317 e. The van der Waals surface area contributed by atoms with Crippen LogP contribution in [0.15, 0.2) is 24.8 Å². The van der Waals surface area contributed by atoms with E-state index in [1.807, 2.05) is 24.8 Å². The van der Waals surface area contributed by atoms with Gasteiger partial charge in [0.15, 0.2) is 0 Å². The molecule has 1 saturated heterocycles.